The van der Waals surface area contributed by atoms with Crippen molar-refractivity contribution in [3.8, 4) is 0 Å². The van der Waals surface area contributed by atoms with Crippen molar-refractivity contribution in [2.45, 2.75) is 38.8 Å². The number of nitrogens with one attached hydrogen (secondary N) is 3. The molecule has 0 aromatic heterocycles. The summed E-state index contributed by atoms with van der Waals surface area (Å²) in [5.74, 6) is -1.41. The van der Waals surface area contributed by atoms with E-state index in [1.54, 1.807) is 31.2 Å². The summed E-state index contributed by atoms with van der Waals surface area (Å²) in [6, 6.07) is 12.3. The number of hydrogen-bond acceptors (Lipinski definition) is 5. The molecule has 4 rings (SSSR count). The van der Waals surface area contributed by atoms with Crippen molar-refractivity contribution in [1.82, 2.24) is 5.32 Å². The van der Waals surface area contributed by atoms with Crippen molar-refractivity contribution in [1.29, 1.82) is 0 Å². The number of rotatable bonds is 4. The average molecular weight is 407 g/mol. The number of ether oxygens (including phenoxy) is 1. The molecule has 0 radical (unpaired) electrons. The lowest BCUT2D eigenvalue weighted by Crippen LogP contribution is -2.52. The molecule has 3 N–H and O–H groups in total. The van der Waals surface area contributed by atoms with Gasteiger partial charge in [0, 0.05) is 23.0 Å². The van der Waals surface area contributed by atoms with Gasteiger partial charge >= 0.3 is 5.97 Å². The number of hydrogen-bond donors (Lipinski definition) is 3. The Balaban J connectivity index is 1.61. The fraction of sp³-hybridized carbons (Fsp3) is 0.348. The Bertz CT molecular complexity index is 1020. The molecule has 2 aromatic rings. The van der Waals surface area contributed by atoms with Crippen LogP contribution in [-0.4, -0.2) is 30.4 Å². The fourth-order valence-electron chi connectivity index (χ4n) is 4.50. The lowest BCUT2D eigenvalue weighted by molar-refractivity contribution is -0.130. The molecule has 1 fully saturated rings. The highest BCUT2D eigenvalue weighted by atomic mass is 16.5. The molecular weight excluding hydrogens is 382 g/mol. The van der Waals surface area contributed by atoms with Gasteiger partial charge < -0.3 is 15.4 Å². The van der Waals surface area contributed by atoms with Crippen LogP contribution in [0.15, 0.2) is 42.5 Å². The Hall–Kier alpha value is -3.19. The predicted molar refractivity (Wildman–Crippen MR) is 113 cm³/mol. The van der Waals surface area contributed by atoms with Gasteiger partial charge in [0.1, 0.15) is 5.54 Å². The Morgan fingerprint density at radius 3 is 2.63 bits per heavy atom. The minimum Gasteiger partial charge on any atom is -0.462 e. The quantitative estimate of drug-likeness (QED) is 0.677. The molecule has 2 amide bonds. The van der Waals surface area contributed by atoms with E-state index in [0.717, 1.165) is 16.8 Å². The van der Waals surface area contributed by atoms with Crippen LogP contribution in [0.2, 0.25) is 0 Å². The van der Waals surface area contributed by atoms with Crippen LogP contribution in [0.25, 0.3) is 0 Å². The largest absolute Gasteiger partial charge is 0.462 e. The van der Waals surface area contributed by atoms with Crippen molar-refractivity contribution in [3.05, 3.63) is 59.2 Å². The zero-order valence-corrected chi connectivity index (χ0v) is 17.2. The van der Waals surface area contributed by atoms with Gasteiger partial charge in [-0.1, -0.05) is 18.2 Å². The zero-order chi connectivity index (χ0) is 21.5. The van der Waals surface area contributed by atoms with Gasteiger partial charge in [-0.15, -0.1) is 0 Å². The number of aryl methyl sites for hydroxylation is 1. The molecule has 1 saturated heterocycles. The highest BCUT2D eigenvalue weighted by Crippen LogP contribution is 2.48. The first-order valence-corrected chi connectivity index (χ1v) is 10.1. The molecule has 0 saturated carbocycles. The van der Waals surface area contributed by atoms with Crippen molar-refractivity contribution < 1.29 is 19.1 Å². The van der Waals surface area contributed by atoms with Gasteiger partial charge in [-0.25, -0.2) is 4.79 Å². The number of carbonyl (C=O) groups excluding carboxylic acids is 3. The van der Waals surface area contributed by atoms with Gasteiger partial charge in [-0.3, -0.25) is 14.9 Å². The van der Waals surface area contributed by atoms with E-state index in [-0.39, 0.29) is 17.9 Å². The minimum atomic E-state index is -1.09. The van der Waals surface area contributed by atoms with E-state index < -0.39 is 17.4 Å². The van der Waals surface area contributed by atoms with Gasteiger partial charge in [-0.2, -0.15) is 0 Å². The van der Waals surface area contributed by atoms with Crippen LogP contribution in [0, 0.1) is 12.8 Å². The second kappa shape index (κ2) is 7.57. The van der Waals surface area contributed by atoms with Crippen LogP contribution in [0.5, 0.6) is 0 Å². The molecule has 2 heterocycles. The number of para-hydroxylation sites is 1. The van der Waals surface area contributed by atoms with Crippen LogP contribution >= 0.6 is 0 Å². The average Bonchev–Trinajstić information content (AvgIpc) is 3.22. The van der Waals surface area contributed by atoms with Crippen LogP contribution in [0.4, 0.5) is 11.4 Å². The van der Waals surface area contributed by atoms with E-state index >= 15 is 0 Å². The van der Waals surface area contributed by atoms with E-state index in [4.69, 9.17) is 4.74 Å². The van der Waals surface area contributed by atoms with E-state index in [1.807, 2.05) is 32.0 Å². The third-order valence-corrected chi connectivity index (χ3v) is 5.86. The van der Waals surface area contributed by atoms with E-state index in [1.165, 1.54) is 0 Å². The lowest BCUT2D eigenvalue weighted by atomic mass is 9.79. The molecular formula is C23H25N3O4. The van der Waals surface area contributed by atoms with Gasteiger partial charge in [0.15, 0.2) is 0 Å². The summed E-state index contributed by atoms with van der Waals surface area (Å²) in [7, 11) is 0. The Morgan fingerprint density at radius 1 is 1.20 bits per heavy atom. The Kier molecular flexibility index (Phi) is 5.07. The topological polar surface area (TPSA) is 96.5 Å². The third kappa shape index (κ3) is 3.15. The predicted octanol–water partition coefficient (Wildman–Crippen LogP) is 2.96. The maximum atomic E-state index is 13.3. The van der Waals surface area contributed by atoms with Crippen LogP contribution in [0.1, 0.15) is 41.8 Å². The first-order chi connectivity index (χ1) is 14.4. The highest BCUT2D eigenvalue weighted by Gasteiger charge is 2.59. The second-order valence-electron chi connectivity index (χ2n) is 7.88. The maximum Gasteiger partial charge on any atom is 0.338 e. The van der Waals surface area contributed by atoms with Gasteiger partial charge in [-0.05, 0) is 57.0 Å². The molecule has 7 nitrogen and oxygen atoms in total. The number of carbonyl (C=O) groups is 3. The number of amides is 2. The maximum absolute atomic E-state index is 13.3. The van der Waals surface area contributed by atoms with Gasteiger partial charge in [0.25, 0.3) is 0 Å². The lowest BCUT2D eigenvalue weighted by Gasteiger charge is -2.29. The number of anilines is 2. The number of esters is 1. The minimum absolute atomic E-state index is 0.00384. The van der Waals surface area contributed by atoms with Crippen molar-refractivity contribution >= 4 is 29.2 Å². The van der Waals surface area contributed by atoms with Crippen LogP contribution < -0.4 is 16.0 Å². The molecule has 1 spiro atoms. The summed E-state index contributed by atoms with van der Waals surface area (Å²) in [4.78, 5) is 38.2. The van der Waals surface area contributed by atoms with Crippen molar-refractivity contribution in [2.75, 3.05) is 17.2 Å². The number of benzene rings is 2. The third-order valence-electron chi connectivity index (χ3n) is 5.86. The number of fused-ring (bicyclic) bond motifs is 2. The van der Waals surface area contributed by atoms with E-state index in [2.05, 4.69) is 16.0 Å². The van der Waals surface area contributed by atoms with E-state index in [0.29, 0.717) is 24.3 Å². The first kappa shape index (κ1) is 20.1. The van der Waals surface area contributed by atoms with Gasteiger partial charge in [0.2, 0.25) is 11.8 Å². The van der Waals surface area contributed by atoms with E-state index in [9.17, 15) is 14.4 Å². The van der Waals surface area contributed by atoms with Crippen molar-refractivity contribution in [2.24, 2.45) is 5.92 Å². The molecule has 3 atom stereocenters. The molecule has 7 heteroatoms. The summed E-state index contributed by atoms with van der Waals surface area (Å²) in [5, 5.41) is 9.26. The standard InChI is InChI=1S/C23H25N3O4/c1-4-30-21(28)15-8-10-16(11-9-15)24-20(27)18-12-14(3)26-23(18)17-7-5-6-13(2)19(17)25-22(23)29/h5-11,14,18,26H,4,12H2,1-3H3,(H,24,27)(H,25,29)/t14-,18+,23-/m0/s1. The smallest absolute Gasteiger partial charge is 0.338 e. The fourth-order valence-corrected chi connectivity index (χ4v) is 4.50. The summed E-state index contributed by atoms with van der Waals surface area (Å²) in [6.07, 6.45) is 0.535. The molecule has 2 aliphatic heterocycles. The summed E-state index contributed by atoms with van der Waals surface area (Å²) >= 11 is 0. The molecule has 2 aliphatic rings. The van der Waals surface area contributed by atoms with Crippen molar-refractivity contribution in [3.63, 3.8) is 0 Å². The molecule has 2 aromatic carbocycles. The first-order valence-electron chi connectivity index (χ1n) is 10.1. The van der Waals surface area contributed by atoms with Crippen LogP contribution in [-0.2, 0) is 19.9 Å². The highest BCUT2D eigenvalue weighted by molar-refractivity contribution is 6.11. The Morgan fingerprint density at radius 2 is 1.93 bits per heavy atom. The summed E-state index contributed by atoms with van der Waals surface area (Å²) in [5.41, 5.74) is 2.45. The monoisotopic (exact) mass is 407 g/mol. The Labute approximate surface area is 175 Å². The molecule has 30 heavy (non-hydrogen) atoms. The molecule has 0 bridgehead atoms. The molecule has 0 unspecified atom stereocenters. The summed E-state index contributed by atoms with van der Waals surface area (Å²) < 4.78 is 4.98. The zero-order valence-electron chi connectivity index (χ0n) is 17.2. The molecule has 156 valence electrons. The normalized spacial score (nSPS) is 24.4. The summed E-state index contributed by atoms with van der Waals surface area (Å²) in [6.45, 7) is 5.97. The van der Waals surface area contributed by atoms with Gasteiger partial charge in [0.05, 0.1) is 18.1 Å². The second-order valence-corrected chi connectivity index (χ2v) is 7.88. The SMILES string of the molecule is CCOC(=O)c1ccc(NC(=O)[C@H]2C[C@H](C)N[C@]23C(=O)Nc2c(C)cccc23)cc1. The molecule has 0 aliphatic carbocycles. The van der Waals surface area contributed by atoms with Crippen LogP contribution in [0.3, 0.4) is 0 Å².